The Balaban J connectivity index is 1.46. The van der Waals surface area contributed by atoms with Crippen molar-refractivity contribution in [3.05, 3.63) is 169 Å². The Kier molecular flexibility index (Phi) is 5.37. The molecule has 0 fully saturated rings. The Bertz CT molecular complexity index is 2670. The van der Waals surface area contributed by atoms with Crippen molar-refractivity contribution in [2.75, 3.05) is 0 Å². The molecule has 2 heteroatoms. The molecule has 0 saturated heterocycles. The van der Waals surface area contributed by atoms with Crippen LogP contribution in [-0.2, 0) is 5.41 Å². The predicted molar refractivity (Wildman–Crippen MR) is 198 cm³/mol. The van der Waals surface area contributed by atoms with Crippen LogP contribution in [0.1, 0.15) is 25.0 Å². The molecule has 0 saturated carbocycles. The zero-order valence-corrected chi connectivity index (χ0v) is 26.4. The predicted octanol–water partition coefficient (Wildman–Crippen LogP) is 11.9. The van der Waals surface area contributed by atoms with E-state index in [1.165, 1.54) is 88.4 Å². The molecular formula is C45H32N2. The Morgan fingerprint density at radius 3 is 1.64 bits per heavy atom. The lowest BCUT2D eigenvalue weighted by molar-refractivity contribution is 0.667. The van der Waals surface area contributed by atoms with E-state index in [9.17, 15) is 0 Å². The fraction of sp³-hybridized carbons (Fsp3) is 0.0667. The van der Waals surface area contributed by atoms with Crippen LogP contribution in [0.3, 0.4) is 0 Å². The quantitative estimate of drug-likeness (QED) is 0.191. The van der Waals surface area contributed by atoms with Gasteiger partial charge >= 0.3 is 0 Å². The highest BCUT2D eigenvalue weighted by atomic mass is 15.0. The van der Waals surface area contributed by atoms with E-state index in [1.54, 1.807) is 0 Å². The third kappa shape index (κ3) is 3.50. The summed E-state index contributed by atoms with van der Waals surface area (Å²) in [5.41, 5.74) is 15.1. The maximum absolute atomic E-state index is 2.53. The molecule has 0 atom stereocenters. The van der Waals surface area contributed by atoms with Crippen molar-refractivity contribution in [1.29, 1.82) is 0 Å². The average Bonchev–Trinajstić information content (AvgIpc) is 3.73. The molecule has 10 rings (SSSR count). The van der Waals surface area contributed by atoms with Gasteiger partial charge in [0.25, 0.3) is 0 Å². The smallest absolute Gasteiger partial charge is 0.0644 e. The molecule has 0 aliphatic heterocycles. The largest absolute Gasteiger partial charge is 0.309 e. The van der Waals surface area contributed by atoms with Crippen LogP contribution in [0.5, 0.6) is 0 Å². The Morgan fingerprint density at radius 1 is 0.426 bits per heavy atom. The molecule has 0 radical (unpaired) electrons. The monoisotopic (exact) mass is 600 g/mol. The van der Waals surface area contributed by atoms with E-state index in [0.29, 0.717) is 0 Å². The van der Waals surface area contributed by atoms with Crippen LogP contribution in [0.15, 0.2) is 158 Å². The lowest BCUT2D eigenvalue weighted by Crippen LogP contribution is -2.15. The van der Waals surface area contributed by atoms with Crippen LogP contribution < -0.4 is 0 Å². The number of benzene rings is 7. The fourth-order valence-corrected chi connectivity index (χ4v) is 8.50. The number of hydrogen-bond acceptors (Lipinski definition) is 0. The van der Waals surface area contributed by atoms with Crippen molar-refractivity contribution in [3.8, 4) is 33.6 Å². The van der Waals surface area contributed by atoms with E-state index in [-0.39, 0.29) is 5.41 Å². The van der Waals surface area contributed by atoms with Crippen molar-refractivity contribution in [1.82, 2.24) is 9.13 Å². The van der Waals surface area contributed by atoms with E-state index < -0.39 is 0 Å². The minimum absolute atomic E-state index is 0.192. The van der Waals surface area contributed by atoms with Gasteiger partial charge in [0.2, 0.25) is 0 Å². The molecule has 7 aromatic carbocycles. The van der Waals surface area contributed by atoms with Gasteiger partial charge in [-0.25, -0.2) is 0 Å². The van der Waals surface area contributed by atoms with Crippen molar-refractivity contribution in [3.63, 3.8) is 0 Å². The topological polar surface area (TPSA) is 9.86 Å². The van der Waals surface area contributed by atoms with E-state index in [1.807, 2.05) is 0 Å². The van der Waals surface area contributed by atoms with Crippen LogP contribution in [0.25, 0.3) is 77.2 Å². The number of nitrogens with zero attached hydrogens (tertiary/aromatic N) is 2. The van der Waals surface area contributed by atoms with Crippen LogP contribution in [0.4, 0.5) is 0 Å². The standard InChI is InChI=1S/C45H32N2/c1-45(2)36-22-12-9-19-33(36)39-42(45)40-34-20-10-13-23-37(34)46(31-17-7-4-8-18-31)44(40)41-35-21-11-14-24-38(35)47(43(39)41)32-27-25-30(26-28-32)29-15-5-3-6-16-29/h3-28H,1-2H3. The van der Waals surface area contributed by atoms with Crippen LogP contribution in [-0.4, -0.2) is 9.13 Å². The highest BCUT2D eigenvalue weighted by molar-refractivity contribution is 6.31. The molecule has 222 valence electrons. The van der Waals surface area contributed by atoms with E-state index in [4.69, 9.17) is 0 Å². The second kappa shape index (κ2) is 9.57. The zero-order valence-electron chi connectivity index (χ0n) is 26.4. The SMILES string of the molecule is CC1(C)c2ccccc2-c2c1c1c3ccccc3n(-c3ccccc3)c1c1c3ccccc3n(-c3ccc(-c4ccccc4)cc3)c21. The first-order chi connectivity index (χ1) is 23.1. The number of fused-ring (bicyclic) bond motifs is 12. The molecule has 47 heavy (non-hydrogen) atoms. The molecular weight excluding hydrogens is 569 g/mol. The summed E-state index contributed by atoms with van der Waals surface area (Å²) >= 11 is 0. The summed E-state index contributed by atoms with van der Waals surface area (Å²) in [6.07, 6.45) is 0. The molecule has 9 aromatic rings. The zero-order chi connectivity index (χ0) is 31.3. The van der Waals surface area contributed by atoms with E-state index >= 15 is 0 Å². The Labute approximate surface area is 273 Å². The summed E-state index contributed by atoms with van der Waals surface area (Å²) in [7, 11) is 0. The molecule has 1 aliphatic rings. The van der Waals surface area contributed by atoms with Crippen molar-refractivity contribution in [2.45, 2.75) is 19.3 Å². The lowest BCUT2D eigenvalue weighted by atomic mass is 9.80. The van der Waals surface area contributed by atoms with E-state index in [2.05, 4.69) is 181 Å². The minimum Gasteiger partial charge on any atom is -0.309 e. The van der Waals surface area contributed by atoms with Crippen LogP contribution in [0.2, 0.25) is 0 Å². The van der Waals surface area contributed by atoms with Crippen LogP contribution >= 0.6 is 0 Å². The van der Waals surface area contributed by atoms with Gasteiger partial charge < -0.3 is 9.13 Å². The molecule has 0 spiro atoms. The van der Waals surface area contributed by atoms with Crippen molar-refractivity contribution in [2.24, 2.45) is 0 Å². The summed E-state index contributed by atoms with van der Waals surface area (Å²) in [6.45, 7) is 4.83. The third-order valence-corrected chi connectivity index (χ3v) is 10.5. The third-order valence-electron chi connectivity index (χ3n) is 10.5. The summed E-state index contributed by atoms with van der Waals surface area (Å²) < 4.78 is 5.05. The molecule has 0 bridgehead atoms. The van der Waals surface area contributed by atoms with Gasteiger partial charge in [0.1, 0.15) is 0 Å². The van der Waals surface area contributed by atoms with Gasteiger partial charge in [-0.3, -0.25) is 0 Å². The highest BCUT2D eigenvalue weighted by Gasteiger charge is 2.41. The molecule has 0 amide bonds. The molecule has 0 N–H and O–H groups in total. The number of aromatic nitrogens is 2. The normalized spacial score (nSPS) is 13.5. The second-order valence-electron chi connectivity index (χ2n) is 13.3. The van der Waals surface area contributed by atoms with Gasteiger partial charge in [0, 0.05) is 43.9 Å². The number of para-hydroxylation sites is 3. The van der Waals surface area contributed by atoms with Crippen molar-refractivity contribution >= 4 is 43.6 Å². The molecule has 2 heterocycles. The first kappa shape index (κ1) is 26.4. The Morgan fingerprint density at radius 2 is 0.936 bits per heavy atom. The molecule has 1 aliphatic carbocycles. The van der Waals surface area contributed by atoms with Gasteiger partial charge in [-0.15, -0.1) is 0 Å². The number of rotatable bonds is 3. The van der Waals surface area contributed by atoms with Crippen LogP contribution in [0, 0.1) is 0 Å². The molecule has 2 aromatic heterocycles. The number of hydrogen-bond donors (Lipinski definition) is 0. The van der Waals surface area contributed by atoms with Gasteiger partial charge in [-0.05, 0) is 64.2 Å². The molecule has 2 nitrogen and oxygen atoms in total. The first-order valence-corrected chi connectivity index (χ1v) is 16.5. The maximum atomic E-state index is 2.53. The average molecular weight is 601 g/mol. The summed E-state index contributed by atoms with van der Waals surface area (Å²) in [5, 5.41) is 5.23. The Hall–Kier alpha value is -5.86. The lowest BCUT2D eigenvalue weighted by Gasteiger charge is -2.23. The fourth-order valence-electron chi connectivity index (χ4n) is 8.50. The highest BCUT2D eigenvalue weighted by Crippen LogP contribution is 2.58. The van der Waals surface area contributed by atoms with E-state index in [0.717, 1.165) is 0 Å². The maximum Gasteiger partial charge on any atom is 0.0644 e. The van der Waals surface area contributed by atoms with Crippen molar-refractivity contribution < 1.29 is 0 Å². The minimum atomic E-state index is -0.192. The van der Waals surface area contributed by atoms with Gasteiger partial charge in [0.05, 0.1) is 22.1 Å². The van der Waals surface area contributed by atoms with Gasteiger partial charge in [0.15, 0.2) is 0 Å². The summed E-state index contributed by atoms with van der Waals surface area (Å²) in [5.74, 6) is 0. The first-order valence-electron chi connectivity index (χ1n) is 16.5. The van der Waals surface area contributed by atoms with Gasteiger partial charge in [-0.1, -0.05) is 135 Å². The second-order valence-corrected chi connectivity index (χ2v) is 13.3. The summed E-state index contributed by atoms with van der Waals surface area (Å²) in [4.78, 5) is 0. The molecule has 0 unspecified atom stereocenters. The van der Waals surface area contributed by atoms with Gasteiger partial charge in [-0.2, -0.15) is 0 Å². The summed E-state index contributed by atoms with van der Waals surface area (Å²) in [6, 6.07) is 57.7.